The van der Waals surface area contributed by atoms with Crippen molar-refractivity contribution >= 4 is 22.8 Å². The van der Waals surface area contributed by atoms with E-state index in [0.717, 1.165) is 11.1 Å². The SMILES string of the molecule is COCCCn1c(SCC#N)nc2c(-c3ccccc3)cn(C)c2c1=O. The monoisotopic (exact) mass is 368 g/mol. The summed E-state index contributed by atoms with van der Waals surface area (Å²) in [5, 5.41) is 9.51. The molecule has 0 radical (unpaired) electrons. The van der Waals surface area contributed by atoms with E-state index in [1.165, 1.54) is 11.8 Å². The van der Waals surface area contributed by atoms with Gasteiger partial charge in [0.15, 0.2) is 5.16 Å². The van der Waals surface area contributed by atoms with Gasteiger partial charge in [-0.1, -0.05) is 42.1 Å². The lowest BCUT2D eigenvalue weighted by Crippen LogP contribution is -2.25. The van der Waals surface area contributed by atoms with Crippen molar-refractivity contribution in [3.8, 4) is 17.2 Å². The summed E-state index contributed by atoms with van der Waals surface area (Å²) in [7, 11) is 3.50. The molecular formula is C19H20N4O2S. The molecule has 1 aromatic carbocycles. The summed E-state index contributed by atoms with van der Waals surface area (Å²) in [5.41, 5.74) is 3.09. The zero-order valence-corrected chi connectivity index (χ0v) is 15.6. The molecule has 0 aliphatic rings. The Bertz CT molecular complexity index is 1000. The lowest BCUT2D eigenvalue weighted by molar-refractivity contribution is 0.189. The largest absolute Gasteiger partial charge is 0.385 e. The fourth-order valence-electron chi connectivity index (χ4n) is 2.95. The zero-order valence-electron chi connectivity index (χ0n) is 14.8. The molecule has 2 aromatic heterocycles. The van der Waals surface area contributed by atoms with Crippen molar-refractivity contribution in [1.29, 1.82) is 5.26 Å². The van der Waals surface area contributed by atoms with Crippen molar-refractivity contribution in [3.05, 3.63) is 46.9 Å². The van der Waals surface area contributed by atoms with E-state index in [0.29, 0.717) is 35.8 Å². The molecule has 0 bridgehead atoms. The van der Waals surface area contributed by atoms with E-state index in [9.17, 15) is 4.79 Å². The minimum absolute atomic E-state index is 0.0868. The first-order chi connectivity index (χ1) is 12.7. The van der Waals surface area contributed by atoms with E-state index < -0.39 is 0 Å². The normalized spacial score (nSPS) is 11.0. The highest BCUT2D eigenvalue weighted by atomic mass is 32.2. The van der Waals surface area contributed by atoms with Crippen LogP contribution in [0.25, 0.3) is 22.2 Å². The molecule has 6 nitrogen and oxygen atoms in total. The molecule has 2 heterocycles. The number of hydrogen-bond acceptors (Lipinski definition) is 5. The fraction of sp³-hybridized carbons (Fsp3) is 0.316. The topological polar surface area (TPSA) is 72.8 Å². The Hall–Kier alpha value is -2.56. The van der Waals surface area contributed by atoms with Crippen LogP contribution in [0.2, 0.25) is 0 Å². The van der Waals surface area contributed by atoms with Crippen LogP contribution >= 0.6 is 11.8 Å². The highest BCUT2D eigenvalue weighted by Gasteiger charge is 2.18. The zero-order chi connectivity index (χ0) is 18.5. The summed E-state index contributed by atoms with van der Waals surface area (Å²) in [5.74, 6) is 0.246. The number of methoxy groups -OCH3 is 1. The summed E-state index contributed by atoms with van der Waals surface area (Å²) in [6.45, 7) is 1.07. The number of nitrogens with zero attached hydrogens (tertiary/aromatic N) is 4. The molecule has 0 saturated heterocycles. The van der Waals surface area contributed by atoms with Crippen molar-refractivity contribution in [2.24, 2.45) is 7.05 Å². The van der Waals surface area contributed by atoms with Gasteiger partial charge in [-0.2, -0.15) is 5.26 Å². The number of hydrogen-bond donors (Lipinski definition) is 0. The fourth-order valence-corrected chi connectivity index (χ4v) is 3.63. The predicted octanol–water partition coefficient (Wildman–Crippen LogP) is 3.05. The lowest BCUT2D eigenvalue weighted by Gasteiger charge is -2.11. The molecule has 3 aromatic rings. The van der Waals surface area contributed by atoms with Crippen LogP contribution in [0.4, 0.5) is 0 Å². The third-order valence-electron chi connectivity index (χ3n) is 4.12. The first-order valence-electron chi connectivity index (χ1n) is 8.31. The standard InChI is InChI=1S/C19H20N4O2S/c1-22-13-15(14-7-4-3-5-8-14)16-17(22)18(24)23(10-6-11-25-2)19(21-16)26-12-9-20/h3-5,7-8,13H,6,10-12H2,1-2H3. The minimum atomic E-state index is -0.0868. The quantitative estimate of drug-likeness (QED) is 0.364. The third-order valence-corrected chi connectivity index (χ3v) is 4.97. The maximum Gasteiger partial charge on any atom is 0.278 e. The Morgan fingerprint density at radius 2 is 2.08 bits per heavy atom. The smallest absolute Gasteiger partial charge is 0.278 e. The molecule has 0 atom stereocenters. The molecule has 0 N–H and O–H groups in total. The van der Waals surface area contributed by atoms with Gasteiger partial charge in [0.25, 0.3) is 5.56 Å². The molecule has 3 rings (SSSR count). The summed E-state index contributed by atoms with van der Waals surface area (Å²) in [6.07, 6.45) is 2.65. The van der Waals surface area contributed by atoms with E-state index in [2.05, 4.69) is 6.07 Å². The van der Waals surface area contributed by atoms with E-state index in [4.69, 9.17) is 15.0 Å². The number of thioether (sulfide) groups is 1. The average Bonchev–Trinajstić information content (AvgIpc) is 2.99. The van der Waals surface area contributed by atoms with Gasteiger partial charge in [0, 0.05) is 39.1 Å². The summed E-state index contributed by atoms with van der Waals surface area (Å²) >= 11 is 1.29. The van der Waals surface area contributed by atoms with Gasteiger partial charge in [-0.05, 0) is 12.0 Å². The van der Waals surface area contributed by atoms with Gasteiger partial charge in [-0.3, -0.25) is 9.36 Å². The first-order valence-corrected chi connectivity index (χ1v) is 9.30. The molecule has 0 spiro atoms. The second-order valence-electron chi connectivity index (χ2n) is 5.86. The van der Waals surface area contributed by atoms with Gasteiger partial charge in [0.05, 0.1) is 11.8 Å². The predicted molar refractivity (Wildman–Crippen MR) is 103 cm³/mol. The molecular weight excluding hydrogens is 348 g/mol. The maximum atomic E-state index is 13.1. The van der Waals surface area contributed by atoms with Crippen molar-refractivity contribution in [1.82, 2.24) is 14.1 Å². The maximum absolute atomic E-state index is 13.1. The molecule has 0 fully saturated rings. The number of rotatable bonds is 7. The Morgan fingerprint density at radius 3 is 2.77 bits per heavy atom. The van der Waals surface area contributed by atoms with Gasteiger partial charge in [-0.15, -0.1) is 0 Å². The average molecular weight is 368 g/mol. The number of aromatic nitrogens is 3. The highest BCUT2D eigenvalue weighted by molar-refractivity contribution is 7.99. The van der Waals surface area contributed by atoms with Gasteiger partial charge in [0.2, 0.25) is 0 Å². The molecule has 7 heteroatoms. The summed E-state index contributed by atoms with van der Waals surface area (Å²) in [6, 6.07) is 12.0. The Balaban J connectivity index is 2.19. The van der Waals surface area contributed by atoms with E-state index in [1.54, 1.807) is 11.7 Å². The molecule has 0 unspecified atom stereocenters. The van der Waals surface area contributed by atoms with Crippen LogP contribution in [0, 0.1) is 11.3 Å². The van der Waals surface area contributed by atoms with Crippen LogP contribution in [0.3, 0.4) is 0 Å². The van der Waals surface area contributed by atoms with Crippen molar-refractivity contribution in [3.63, 3.8) is 0 Å². The Morgan fingerprint density at radius 1 is 1.31 bits per heavy atom. The van der Waals surface area contributed by atoms with Crippen molar-refractivity contribution < 1.29 is 4.74 Å². The number of benzene rings is 1. The number of nitriles is 1. The van der Waals surface area contributed by atoms with Crippen LogP contribution in [-0.4, -0.2) is 33.6 Å². The number of aryl methyl sites for hydroxylation is 1. The van der Waals surface area contributed by atoms with Gasteiger partial charge >= 0.3 is 0 Å². The second-order valence-corrected chi connectivity index (χ2v) is 6.80. The van der Waals surface area contributed by atoms with Crippen molar-refractivity contribution in [2.75, 3.05) is 19.5 Å². The molecule has 26 heavy (non-hydrogen) atoms. The van der Waals surface area contributed by atoms with Crippen molar-refractivity contribution in [2.45, 2.75) is 18.1 Å². The number of fused-ring (bicyclic) bond motifs is 1. The molecule has 134 valence electrons. The third kappa shape index (κ3) is 3.52. The highest BCUT2D eigenvalue weighted by Crippen LogP contribution is 2.29. The first kappa shape index (κ1) is 18.2. The lowest BCUT2D eigenvalue weighted by atomic mass is 10.1. The van der Waals surface area contributed by atoms with Gasteiger partial charge in [0.1, 0.15) is 11.0 Å². The van der Waals surface area contributed by atoms with Crippen LogP contribution in [-0.2, 0) is 18.3 Å². The van der Waals surface area contributed by atoms with E-state index in [-0.39, 0.29) is 11.3 Å². The molecule has 0 aliphatic heterocycles. The van der Waals surface area contributed by atoms with Crippen LogP contribution in [0.15, 0.2) is 46.5 Å². The molecule has 0 amide bonds. The minimum Gasteiger partial charge on any atom is -0.385 e. The second kappa shape index (κ2) is 8.21. The number of ether oxygens (including phenoxy) is 1. The Kier molecular flexibility index (Phi) is 5.76. The van der Waals surface area contributed by atoms with Gasteiger partial charge < -0.3 is 9.30 Å². The molecule has 0 saturated carbocycles. The van der Waals surface area contributed by atoms with Crippen LogP contribution in [0.1, 0.15) is 6.42 Å². The summed E-state index contributed by atoms with van der Waals surface area (Å²) in [4.78, 5) is 17.9. The summed E-state index contributed by atoms with van der Waals surface area (Å²) < 4.78 is 8.58. The van der Waals surface area contributed by atoms with E-state index in [1.807, 2.05) is 48.1 Å². The van der Waals surface area contributed by atoms with Crippen LogP contribution in [0.5, 0.6) is 0 Å². The van der Waals surface area contributed by atoms with E-state index >= 15 is 0 Å². The Labute approximate surface area is 156 Å². The van der Waals surface area contributed by atoms with Gasteiger partial charge in [-0.25, -0.2) is 4.98 Å². The molecule has 0 aliphatic carbocycles. The van der Waals surface area contributed by atoms with Crippen LogP contribution < -0.4 is 5.56 Å².